The van der Waals surface area contributed by atoms with Gasteiger partial charge in [-0.25, -0.2) is 4.39 Å². The van der Waals surface area contributed by atoms with Crippen molar-refractivity contribution in [2.24, 2.45) is 0 Å². The lowest BCUT2D eigenvalue weighted by Gasteiger charge is -2.18. The lowest BCUT2D eigenvalue weighted by molar-refractivity contribution is -0.116. The predicted molar refractivity (Wildman–Crippen MR) is 73.4 cm³/mol. The van der Waals surface area contributed by atoms with Crippen LogP contribution in [0.3, 0.4) is 0 Å². The first-order valence-corrected chi connectivity index (χ1v) is 6.15. The summed E-state index contributed by atoms with van der Waals surface area (Å²) in [6, 6.07) is 5.77. The van der Waals surface area contributed by atoms with Crippen LogP contribution in [0.25, 0.3) is 0 Å². The number of amides is 1. The second kappa shape index (κ2) is 8.39. The van der Waals surface area contributed by atoms with E-state index in [-0.39, 0.29) is 24.8 Å². The van der Waals surface area contributed by atoms with E-state index in [0.29, 0.717) is 25.3 Å². The minimum atomic E-state index is -0.383. The average molecular weight is 266 g/mol. The first-order valence-electron chi connectivity index (χ1n) is 6.15. The van der Waals surface area contributed by atoms with Crippen molar-refractivity contribution in [2.75, 3.05) is 31.6 Å². The number of nitrogens with one attached hydrogen (secondary N) is 1. The number of halogens is 1. The van der Waals surface area contributed by atoms with Crippen LogP contribution < -0.4 is 5.32 Å². The second-order valence-corrected chi connectivity index (χ2v) is 4.12. The SMILES string of the molecule is C=CCN(CCO)CCC(=O)Nc1cccc(F)c1. The number of carbonyl (C=O) groups excluding carboxylic acids is 1. The summed E-state index contributed by atoms with van der Waals surface area (Å²) in [5.41, 5.74) is 0.447. The van der Waals surface area contributed by atoms with E-state index in [1.165, 1.54) is 12.1 Å². The van der Waals surface area contributed by atoms with E-state index in [0.717, 1.165) is 0 Å². The second-order valence-electron chi connectivity index (χ2n) is 4.12. The van der Waals surface area contributed by atoms with Crippen LogP contribution in [-0.2, 0) is 4.79 Å². The first-order chi connectivity index (χ1) is 9.15. The van der Waals surface area contributed by atoms with Gasteiger partial charge >= 0.3 is 0 Å². The van der Waals surface area contributed by atoms with Gasteiger partial charge in [0.2, 0.25) is 5.91 Å². The average Bonchev–Trinajstić information content (AvgIpc) is 2.36. The molecule has 0 saturated carbocycles. The molecule has 1 amide bonds. The zero-order chi connectivity index (χ0) is 14.1. The lowest BCUT2D eigenvalue weighted by Crippen LogP contribution is -2.30. The minimum Gasteiger partial charge on any atom is -0.395 e. The molecule has 0 aliphatic heterocycles. The van der Waals surface area contributed by atoms with Crippen molar-refractivity contribution in [2.45, 2.75) is 6.42 Å². The van der Waals surface area contributed by atoms with Gasteiger partial charge in [0.15, 0.2) is 0 Å². The van der Waals surface area contributed by atoms with Crippen LogP contribution >= 0.6 is 0 Å². The van der Waals surface area contributed by atoms with Gasteiger partial charge in [-0.05, 0) is 18.2 Å². The number of carbonyl (C=O) groups is 1. The third kappa shape index (κ3) is 6.13. The maximum Gasteiger partial charge on any atom is 0.225 e. The third-order valence-corrected chi connectivity index (χ3v) is 2.57. The van der Waals surface area contributed by atoms with Crippen molar-refractivity contribution >= 4 is 11.6 Å². The zero-order valence-corrected chi connectivity index (χ0v) is 10.8. The highest BCUT2D eigenvalue weighted by molar-refractivity contribution is 5.90. The molecule has 0 bridgehead atoms. The van der Waals surface area contributed by atoms with Crippen molar-refractivity contribution < 1.29 is 14.3 Å². The molecule has 0 spiro atoms. The molecule has 0 atom stereocenters. The van der Waals surface area contributed by atoms with Crippen molar-refractivity contribution in [1.82, 2.24) is 4.90 Å². The van der Waals surface area contributed by atoms with Crippen molar-refractivity contribution in [3.63, 3.8) is 0 Å². The number of aliphatic hydroxyl groups is 1. The summed E-state index contributed by atoms with van der Waals surface area (Å²) < 4.78 is 12.9. The third-order valence-electron chi connectivity index (χ3n) is 2.57. The molecule has 0 aliphatic carbocycles. The molecule has 0 heterocycles. The number of hydrogen-bond donors (Lipinski definition) is 2. The highest BCUT2D eigenvalue weighted by Crippen LogP contribution is 2.09. The molecule has 0 radical (unpaired) electrons. The highest BCUT2D eigenvalue weighted by Gasteiger charge is 2.07. The normalized spacial score (nSPS) is 10.5. The van der Waals surface area contributed by atoms with Gasteiger partial charge in [-0.3, -0.25) is 9.69 Å². The molecule has 0 fully saturated rings. The summed E-state index contributed by atoms with van der Waals surface area (Å²) in [4.78, 5) is 13.6. The number of anilines is 1. The van der Waals surface area contributed by atoms with Crippen LogP contribution in [0.4, 0.5) is 10.1 Å². The number of nitrogens with zero attached hydrogens (tertiary/aromatic N) is 1. The fraction of sp³-hybridized carbons (Fsp3) is 0.357. The molecular formula is C14H19FN2O2. The monoisotopic (exact) mass is 266 g/mol. The van der Waals surface area contributed by atoms with E-state index in [9.17, 15) is 9.18 Å². The van der Waals surface area contributed by atoms with Gasteiger partial charge in [0.25, 0.3) is 0 Å². The van der Waals surface area contributed by atoms with E-state index in [1.807, 2.05) is 4.90 Å². The molecule has 0 aromatic heterocycles. The summed E-state index contributed by atoms with van der Waals surface area (Å²) in [6.07, 6.45) is 2.00. The van der Waals surface area contributed by atoms with Crippen LogP contribution in [-0.4, -0.2) is 42.2 Å². The Morgan fingerprint density at radius 1 is 1.47 bits per heavy atom. The molecule has 104 valence electrons. The lowest BCUT2D eigenvalue weighted by atomic mass is 10.3. The molecule has 0 saturated heterocycles. The Labute approximate surface area is 112 Å². The van der Waals surface area contributed by atoms with Crippen molar-refractivity contribution in [3.05, 3.63) is 42.7 Å². The molecule has 0 unspecified atom stereocenters. The van der Waals surface area contributed by atoms with Crippen LogP contribution in [0.15, 0.2) is 36.9 Å². The summed E-state index contributed by atoms with van der Waals surface area (Å²) in [6.45, 7) is 5.30. The molecule has 1 rings (SSSR count). The Morgan fingerprint density at radius 2 is 2.26 bits per heavy atom. The van der Waals surface area contributed by atoms with Crippen LogP contribution in [0.2, 0.25) is 0 Å². The van der Waals surface area contributed by atoms with E-state index < -0.39 is 0 Å². The van der Waals surface area contributed by atoms with Gasteiger partial charge in [0, 0.05) is 31.7 Å². The minimum absolute atomic E-state index is 0.0410. The molecular weight excluding hydrogens is 247 g/mol. The summed E-state index contributed by atoms with van der Waals surface area (Å²) in [7, 11) is 0. The van der Waals surface area contributed by atoms with Gasteiger partial charge in [-0.2, -0.15) is 0 Å². The highest BCUT2D eigenvalue weighted by atomic mass is 19.1. The Kier molecular flexibility index (Phi) is 6.78. The van der Waals surface area contributed by atoms with Crippen molar-refractivity contribution in [3.8, 4) is 0 Å². The fourth-order valence-corrected chi connectivity index (χ4v) is 1.67. The Bertz CT molecular complexity index is 424. The van der Waals surface area contributed by atoms with Gasteiger partial charge < -0.3 is 10.4 Å². The largest absolute Gasteiger partial charge is 0.395 e. The molecule has 1 aromatic carbocycles. The number of hydrogen-bond acceptors (Lipinski definition) is 3. The molecule has 19 heavy (non-hydrogen) atoms. The summed E-state index contributed by atoms with van der Waals surface area (Å²) in [5.74, 6) is -0.566. The van der Waals surface area contributed by atoms with E-state index in [4.69, 9.17) is 5.11 Å². The smallest absolute Gasteiger partial charge is 0.225 e. The van der Waals surface area contributed by atoms with E-state index >= 15 is 0 Å². The first kappa shape index (κ1) is 15.3. The van der Waals surface area contributed by atoms with Gasteiger partial charge in [0.1, 0.15) is 5.82 Å². The van der Waals surface area contributed by atoms with Crippen LogP contribution in [0, 0.1) is 5.82 Å². The molecule has 0 aliphatic rings. The molecule has 5 heteroatoms. The Morgan fingerprint density at radius 3 is 2.89 bits per heavy atom. The standard InChI is InChI=1S/C14H19FN2O2/c1-2-7-17(9-10-18)8-6-14(19)16-13-5-3-4-12(15)11-13/h2-5,11,18H,1,6-10H2,(H,16,19). The Hall–Kier alpha value is -1.72. The van der Waals surface area contributed by atoms with E-state index in [1.54, 1.807) is 18.2 Å². The predicted octanol–water partition coefficient (Wildman–Crippen LogP) is 1.63. The van der Waals surface area contributed by atoms with Crippen molar-refractivity contribution in [1.29, 1.82) is 0 Å². The fourth-order valence-electron chi connectivity index (χ4n) is 1.67. The topological polar surface area (TPSA) is 52.6 Å². The van der Waals surface area contributed by atoms with Gasteiger partial charge in [-0.15, -0.1) is 6.58 Å². The summed E-state index contributed by atoms with van der Waals surface area (Å²) >= 11 is 0. The quantitative estimate of drug-likeness (QED) is 0.703. The maximum absolute atomic E-state index is 12.9. The van der Waals surface area contributed by atoms with Crippen LogP contribution in [0.5, 0.6) is 0 Å². The zero-order valence-electron chi connectivity index (χ0n) is 10.8. The maximum atomic E-state index is 12.9. The Balaban J connectivity index is 2.40. The molecule has 4 nitrogen and oxygen atoms in total. The van der Waals surface area contributed by atoms with Gasteiger partial charge in [-0.1, -0.05) is 12.1 Å². The summed E-state index contributed by atoms with van der Waals surface area (Å²) in [5, 5.41) is 11.5. The number of aliphatic hydroxyl groups excluding tert-OH is 1. The molecule has 1 aromatic rings. The van der Waals surface area contributed by atoms with Crippen LogP contribution in [0.1, 0.15) is 6.42 Å². The van der Waals surface area contributed by atoms with E-state index in [2.05, 4.69) is 11.9 Å². The van der Waals surface area contributed by atoms with Gasteiger partial charge in [0.05, 0.1) is 6.61 Å². The number of benzene rings is 1. The number of rotatable bonds is 8. The molecule has 2 N–H and O–H groups in total.